The normalized spacial score (nSPS) is 12.8. The van der Waals surface area contributed by atoms with E-state index in [4.69, 9.17) is 4.89 Å². The van der Waals surface area contributed by atoms with Crippen molar-refractivity contribution >= 4 is 15.6 Å². The molecule has 1 N–H and O–H groups in total. The van der Waals surface area contributed by atoms with Crippen molar-refractivity contribution in [3.63, 3.8) is 0 Å². The highest BCUT2D eigenvalue weighted by Crippen LogP contribution is 2.59. The summed E-state index contributed by atoms with van der Waals surface area (Å²) in [6.45, 7) is 11.5. The highest BCUT2D eigenvalue weighted by Gasteiger charge is 2.31. The zero-order chi connectivity index (χ0) is 15.9. The minimum atomic E-state index is -1.86. The molecule has 124 valence electrons. The molecule has 0 aromatic rings. The number of hydrogen-bond acceptors (Lipinski definition) is 2. The van der Waals surface area contributed by atoms with E-state index in [1.807, 2.05) is 6.92 Å². The molecular weight excluding hydrogens is 286 g/mol. The minimum absolute atomic E-state index is 0.464. The van der Waals surface area contributed by atoms with Crippen molar-refractivity contribution in [3.05, 3.63) is 0 Å². The molecule has 0 bridgehead atoms. The van der Waals surface area contributed by atoms with Gasteiger partial charge in [0, 0.05) is 7.26 Å². The Balaban J connectivity index is 0. The summed E-state index contributed by atoms with van der Waals surface area (Å²) in [6.07, 6.45) is 14.2. The third kappa shape index (κ3) is 13.7. The van der Waals surface area contributed by atoms with Crippen molar-refractivity contribution in [3.8, 4) is 0 Å². The first-order chi connectivity index (χ1) is 9.51. The first-order valence-electron chi connectivity index (χ1n) is 8.50. The lowest BCUT2D eigenvalue weighted by molar-refractivity contribution is -0.175. The lowest BCUT2D eigenvalue weighted by atomic mass is 10.4. The van der Waals surface area contributed by atoms with Crippen molar-refractivity contribution < 1.29 is 9.79 Å². The third-order valence-corrected chi connectivity index (χ3v) is 9.93. The first-order valence-corrected chi connectivity index (χ1v) is 12.4. The Morgan fingerprint density at radius 2 is 1.20 bits per heavy atom. The van der Waals surface area contributed by atoms with Crippen LogP contribution in [0.3, 0.4) is 0 Å². The number of hydrogen-bond donors (Lipinski definition) is 1. The van der Waals surface area contributed by atoms with Gasteiger partial charge in [-0.25, -0.2) is 0 Å². The molecule has 0 spiro atoms. The Hall–Kier alpha value is 0.780. The van der Waals surface area contributed by atoms with Crippen LogP contribution in [0.5, 0.6) is 0 Å². The van der Waals surface area contributed by atoms with Crippen LogP contribution >= 0.6 is 15.6 Å². The van der Waals surface area contributed by atoms with Crippen LogP contribution in [0, 0.1) is 0 Å². The lowest BCUT2D eigenvalue weighted by Gasteiger charge is -2.24. The van der Waals surface area contributed by atoms with Crippen LogP contribution in [-0.4, -0.2) is 35.7 Å². The quantitative estimate of drug-likeness (QED) is 0.538. The molecule has 4 heteroatoms. The number of unbranched alkanes of at least 4 members (excludes halogenated alkanes) is 3. The van der Waals surface area contributed by atoms with Crippen molar-refractivity contribution in [2.75, 3.05) is 30.8 Å². The fourth-order valence-corrected chi connectivity index (χ4v) is 6.74. The molecule has 0 amide bonds. The number of rotatable bonds is 11. The van der Waals surface area contributed by atoms with Gasteiger partial charge in [0.05, 0.1) is 24.6 Å². The average Bonchev–Trinajstić information content (AvgIpc) is 2.47. The van der Waals surface area contributed by atoms with Crippen LogP contribution in [0.25, 0.3) is 0 Å². The van der Waals surface area contributed by atoms with Gasteiger partial charge in [-0.15, -0.1) is 0 Å². The van der Waals surface area contributed by atoms with Crippen LogP contribution in [0.15, 0.2) is 0 Å². The van der Waals surface area contributed by atoms with Gasteiger partial charge in [0.1, 0.15) is 0 Å². The van der Waals surface area contributed by atoms with E-state index in [2.05, 4.69) is 27.7 Å². The monoisotopic (exact) mass is 324 g/mol. The predicted molar refractivity (Wildman–Crippen MR) is 96.5 cm³/mol. The van der Waals surface area contributed by atoms with E-state index < -0.39 is 15.6 Å². The summed E-state index contributed by atoms with van der Waals surface area (Å²) in [5.74, 6) is 0. The fourth-order valence-electron chi connectivity index (χ4n) is 2.25. The molecule has 20 heavy (non-hydrogen) atoms. The van der Waals surface area contributed by atoms with E-state index in [0.29, 0.717) is 6.16 Å². The summed E-state index contributed by atoms with van der Waals surface area (Å²) >= 11 is 0. The van der Waals surface area contributed by atoms with E-state index in [1.165, 1.54) is 38.0 Å². The van der Waals surface area contributed by atoms with Gasteiger partial charge in [-0.1, -0.05) is 48.4 Å². The SMILES string of the molecule is CCCCP([O-])O.CCCC[P+](CC)(CC)CCCC. The van der Waals surface area contributed by atoms with Gasteiger partial charge in [0.15, 0.2) is 0 Å². The molecular formula is C16H38O2P2. The van der Waals surface area contributed by atoms with Crippen molar-refractivity contribution in [2.45, 2.75) is 73.1 Å². The van der Waals surface area contributed by atoms with Crippen LogP contribution in [0.1, 0.15) is 73.1 Å². The van der Waals surface area contributed by atoms with E-state index in [0.717, 1.165) is 12.8 Å². The van der Waals surface area contributed by atoms with Gasteiger partial charge in [0.2, 0.25) is 0 Å². The van der Waals surface area contributed by atoms with Gasteiger partial charge in [0.25, 0.3) is 0 Å². The highest BCUT2D eigenvalue weighted by molar-refractivity contribution is 7.75. The minimum Gasteiger partial charge on any atom is -0.808 e. The van der Waals surface area contributed by atoms with Gasteiger partial charge in [-0.05, 0) is 39.3 Å². The first kappa shape index (κ1) is 23.1. The Morgan fingerprint density at radius 1 is 0.800 bits per heavy atom. The van der Waals surface area contributed by atoms with Crippen LogP contribution in [0.4, 0.5) is 0 Å². The Morgan fingerprint density at radius 3 is 1.40 bits per heavy atom. The second-order valence-electron chi connectivity index (χ2n) is 5.56. The summed E-state index contributed by atoms with van der Waals surface area (Å²) < 4.78 is 0. The maximum absolute atomic E-state index is 9.91. The molecule has 2 nitrogen and oxygen atoms in total. The smallest absolute Gasteiger partial charge is 0.0594 e. The summed E-state index contributed by atoms with van der Waals surface area (Å²) in [7, 11) is -2.35. The lowest BCUT2D eigenvalue weighted by Crippen LogP contribution is -2.09. The Labute approximate surface area is 130 Å². The molecule has 1 unspecified atom stereocenters. The molecule has 0 saturated carbocycles. The highest BCUT2D eigenvalue weighted by atomic mass is 31.2. The maximum atomic E-state index is 9.91. The van der Waals surface area contributed by atoms with Gasteiger partial charge >= 0.3 is 0 Å². The van der Waals surface area contributed by atoms with Crippen molar-refractivity contribution in [1.82, 2.24) is 0 Å². The topological polar surface area (TPSA) is 43.3 Å². The Bertz CT molecular complexity index is 173. The molecule has 0 aromatic heterocycles. The summed E-state index contributed by atoms with van der Waals surface area (Å²) in [5.41, 5.74) is 0. The molecule has 0 saturated heterocycles. The molecule has 0 rings (SSSR count). The summed E-state index contributed by atoms with van der Waals surface area (Å²) in [5, 5.41) is 0. The second kappa shape index (κ2) is 16.2. The molecule has 0 heterocycles. The van der Waals surface area contributed by atoms with Gasteiger partial charge in [-0.3, -0.25) is 0 Å². The second-order valence-corrected chi connectivity index (χ2v) is 11.6. The summed E-state index contributed by atoms with van der Waals surface area (Å²) in [4.78, 5) is 18.1. The molecule has 0 radical (unpaired) electrons. The van der Waals surface area contributed by atoms with E-state index >= 15 is 0 Å². The van der Waals surface area contributed by atoms with Crippen LogP contribution in [-0.2, 0) is 0 Å². The zero-order valence-electron chi connectivity index (χ0n) is 14.5. The van der Waals surface area contributed by atoms with E-state index in [1.54, 1.807) is 12.3 Å². The molecule has 0 aliphatic carbocycles. The average molecular weight is 324 g/mol. The largest absolute Gasteiger partial charge is 0.808 e. The van der Waals surface area contributed by atoms with Crippen molar-refractivity contribution in [2.24, 2.45) is 0 Å². The maximum Gasteiger partial charge on any atom is 0.0594 e. The van der Waals surface area contributed by atoms with Gasteiger partial charge in [-0.2, -0.15) is 0 Å². The van der Waals surface area contributed by atoms with Crippen LogP contribution in [0.2, 0.25) is 0 Å². The molecule has 0 aliphatic heterocycles. The zero-order valence-corrected chi connectivity index (χ0v) is 16.3. The molecule has 0 aliphatic rings. The third-order valence-electron chi connectivity index (χ3n) is 4.02. The molecule has 1 atom stereocenters. The predicted octanol–water partition coefficient (Wildman–Crippen LogP) is 5.10. The molecule has 0 aromatic carbocycles. The van der Waals surface area contributed by atoms with Crippen LogP contribution < -0.4 is 4.89 Å². The van der Waals surface area contributed by atoms with E-state index in [9.17, 15) is 4.89 Å². The fraction of sp³-hybridized carbons (Fsp3) is 1.00. The summed E-state index contributed by atoms with van der Waals surface area (Å²) in [6, 6.07) is 0. The standard InChI is InChI=1S/C12H28P.C4H10O2P/c1-5-9-11-13(7-3,8-4)12-10-6-2;1-2-3-4-7(5)6/h5-12H2,1-4H3;5H,2-4H2,1H3/q+1;-1. The van der Waals surface area contributed by atoms with Crippen molar-refractivity contribution in [1.29, 1.82) is 0 Å². The van der Waals surface area contributed by atoms with Gasteiger partial charge < -0.3 is 9.79 Å². The van der Waals surface area contributed by atoms with E-state index in [-0.39, 0.29) is 0 Å². The molecule has 0 fully saturated rings. The Kier molecular flexibility index (Phi) is 18.6.